The number of benzene rings is 1. The van der Waals surface area contributed by atoms with Crippen molar-refractivity contribution in [2.45, 2.75) is 31.6 Å². The van der Waals surface area contributed by atoms with E-state index in [-0.39, 0.29) is 17.8 Å². The predicted octanol–water partition coefficient (Wildman–Crippen LogP) is 2.10. The van der Waals surface area contributed by atoms with Gasteiger partial charge in [0, 0.05) is 19.6 Å². The largest absolute Gasteiger partial charge is 0.316 e. The van der Waals surface area contributed by atoms with Gasteiger partial charge < -0.3 is 5.32 Å². The molecule has 2 fully saturated rings. The summed E-state index contributed by atoms with van der Waals surface area (Å²) in [4.78, 5) is 0.473. The third-order valence-corrected chi connectivity index (χ3v) is 6.68. The monoisotopic (exact) mass is 330 g/mol. The lowest BCUT2D eigenvalue weighted by molar-refractivity contribution is 0.338. The normalized spacial score (nSPS) is 26.2. The molecule has 4 nitrogen and oxygen atoms in total. The van der Waals surface area contributed by atoms with Crippen molar-refractivity contribution in [3.8, 4) is 0 Å². The van der Waals surface area contributed by atoms with Gasteiger partial charge in [-0.15, -0.1) is 12.4 Å². The van der Waals surface area contributed by atoms with Crippen LogP contribution < -0.4 is 5.32 Å². The van der Waals surface area contributed by atoms with Crippen molar-refractivity contribution in [3.63, 3.8) is 0 Å². The van der Waals surface area contributed by atoms with E-state index >= 15 is 0 Å². The Bertz CT molecular complexity index is 625. The standard InChI is InChI=1S/C15H22N2O2S.ClH/c1-12-3-4-13(2)14(9-12)20(18,19)17-8-6-15(11-17)5-7-16-10-15;/h3-4,9,16H,5-8,10-11H2,1-2H3;1H. The number of nitrogens with zero attached hydrogens (tertiary/aromatic N) is 1. The van der Waals surface area contributed by atoms with Gasteiger partial charge in [0.05, 0.1) is 4.90 Å². The second-order valence-corrected chi connectivity index (χ2v) is 8.19. The number of hydrogen-bond acceptors (Lipinski definition) is 3. The van der Waals surface area contributed by atoms with Crippen LogP contribution in [0.5, 0.6) is 0 Å². The predicted molar refractivity (Wildman–Crippen MR) is 86.5 cm³/mol. The molecule has 0 radical (unpaired) electrons. The van der Waals surface area contributed by atoms with Crippen molar-refractivity contribution >= 4 is 22.4 Å². The van der Waals surface area contributed by atoms with Crippen LogP contribution in [0, 0.1) is 19.3 Å². The second-order valence-electron chi connectivity index (χ2n) is 6.28. The zero-order valence-electron chi connectivity index (χ0n) is 12.6. The Morgan fingerprint density at radius 2 is 2.00 bits per heavy atom. The minimum absolute atomic E-state index is 0. The topological polar surface area (TPSA) is 49.4 Å². The van der Waals surface area contributed by atoms with Crippen LogP contribution in [-0.4, -0.2) is 38.9 Å². The first-order valence-electron chi connectivity index (χ1n) is 7.21. The SMILES string of the molecule is Cc1ccc(C)c(S(=O)(=O)N2CCC3(CCNC3)C2)c1.Cl. The molecule has 0 bridgehead atoms. The minimum Gasteiger partial charge on any atom is -0.316 e. The lowest BCUT2D eigenvalue weighted by atomic mass is 9.87. The van der Waals surface area contributed by atoms with Crippen molar-refractivity contribution in [1.29, 1.82) is 0 Å². The maximum Gasteiger partial charge on any atom is 0.243 e. The summed E-state index contributed by atoms with van der Waals surface area (Å²) in [6.07, 6.45) is 2.07. The van der Waals surface area contributed by atoms with E-state index in [0.29, 0.717) is 18.0 Å². The molecule has 0 aliphatic carbocycles. The first-order chi connectivity index (χ1) is 9.43. The highest BCUT2D eigenvalue weighted by Crippen LogP contribution is 2.38. The quantitative estimate of drug-likeness (QED) is 0.903. The molecule has 6 heteroatoms. The number of sulfonamides is 1. The van der Waals surface area contributed by atoms with Gasteiger partial charge in [-0.2, -0.15) is 4.31 Å². The van der Waals surface area contributed by atoms with Crippen LogP contribution in [-0.2, 0) is 10.0 Å². The Morgan fingerprint density at radius 1 is 1.24 bits per heavy atom. The molecule has 3 rings (SSSR count). The molecule has 2 saturated heterocycles. The molecular formula is C15H23ClN2O2S. The van der Waals surface area contributed by atoms with E-state index in [4.69, 9.17) is 0 Å². The molecule has 1 aromatic carbocycles. The molecule has 1 aromatic rings. The fraction of sp³-hybridized carbons (Fsp3) is 0.600. The highest BCUT2D eigenvalue weighted by molar-refractivity contribution is 7.89. The van der Waals surface area contributed by atoms with Crippen LogP contribution in [0.1, 0.15) is 24.0 Å². The Labute approximate surface area is 133 Å². The fourth-order valence-corrected chi connectivity index (χ4v) is 5.23. The van der Waals surface area contributed by atoms with Gasteiger partial charge in [-0.05, 0) is 55.8 Å². The Kier molecular flexibility index (Phi) is 4.69. The van der Waals surface area contributed by atoms with E-state index in [1.165, 1.54) is 0 Å². The van der Waals surface area contributed by atoms with Crippen LogP contribution in [0.2, 0.25) is 0 Å². The van der Waals surface area contributed by atoms with Crippen molar-refractivity contribution in [3.05, 3.63) is 29.3 Å². The molecule has 0 aromatic heterocycles. The molecule has 1 spiro atoms. The molecule has 1 N–H and O–H groups in total. The summed E-state index contributed by atoms with van der Waals surface area (Å²) in [5, 5.41) is 3.37. The molecule has 0 saturated carbocycles. The van der Waals surface area contributed by atoms with Gasteiger partial charge in [0.2, 0.25) is 10.0 Å². The van der Waals surface area contributed by atoms with E-state index in [0.717, 1.165) is 37.1 Å². The van der Waals surface area contributed by atoms with Crippen molar-refractivity contribution in [1.82, 2.24) is 9.62 Å². The van der Waals surface area contributed by atoms with Gasteiger partial charge in [-0.25, -0.2) is 8.42 Å². The smallest absolute Gasteiger partial charge is 0.243 e. The Morgan fingerprint density at radius 3 is 2.67 bits per heavy atom. The van der Waals surface area contributed by atoms with Gasteiger partial charge in [0.1, 0.15) is 0 Å². The van der Waals surface area contributed by atoms with Crippen LogP contribution in [0.15, 0.2) is 23.1 Å². The van der Waals surface area contributed by atoms with Gasteiger partial charge in [-0.3, -0.25) is 0 Å². The summed E-state index contributed by atoms with van der Waals surface area (Å²) >= 11 is 0. The highest BCUT2D eigenvalue weighted by Gasteiger charge is 2.44. The number of hydrogen-bond donors (Lipinski definition) is 1. The maximum atomic E-state index is 12.9. The number of nitrogens with one attached hydrogen (secondary N) is 1. The molecular weight excluding hydrogens is 308 g/mol. The second kappa shape index (κ2) is 5.88. The van der Waals surface area contributed by atoms with Gasteiger partial charge in [0.25, 0.3) is 0 Å². The summed E-state index contributed by atoms with van der Waals surface area (Å²) in [5.41, 5.74) is 2.00. The average Bonchev–Trinajstić information content (AvgIpc) is 3.04. The summed E-state index contributed by atoms with van der Waals surface area (Å²) in [6.45, 7) is 7.08. The third kappa shape index (κ3) is 2.97. The zero-order chi connectivity index (χ0) is 14.4. The molecule has 1 atom stereocenters. The lowest BCUT2D eigenvalue weighted by Gasteiger charge is -2.23. The van der Waals surface area contributed by atoms with Crippen LogP contribution in [0.3, 0.4) is 0 Å². The fourth-order valence-electron chi connectivity index (χ4n) is 3.37. The molecule has 2 aliphatic rings. The zero-order valence-corrected chi connectivity index (χ0v) is 14.2. The first-order valence-corrected chi connectivity index (χ1v) is 8.65. The maximum absolute atomic E-state index is 12.9. The van der Waals surface area contributed by atoms with Gasteiger partial charge in [0.15, 0.2) is 0 Å². The molecule has 0 amide bonds. The van der Waals surface area contributed by atoms with Crippen LogP contribution in [0.4, 0.5) is 0 Å². The van der Waals surface area contributed by atoms with E-state index in [1.807, 2.05) is 26.0 Å². The van der Waals surface area contributed by atoms with Crippen molar-refractivity contribution in [2.75, 3.05) is 26.2 Å². The molecule has 2 aliphatic heterocycles. The van der Waals surface area contributed by atoms with Crippen molar-refractivity contribution in [2.24, 2.45) is 5.41 Å². The van der Waals surface area contributed by atoms with E-state index in [9.17, 15) is 8.42 Å². The summed E-state index contributed by atoms with van der Waals surface area (Å²) < 4.78 is 27.4. The lowest BCUT2D eigenvalue weighted by Crippen LogP contribution is -2.33. The highest BCUT2D eigenvalue weighted by atomic mass is 35.5. The van der Waals surface area contributed by atoms with Gasteiger partial charge >= 0.3 is 0 Å². The summed E-state index contributed by atoms with van der Waals surface area (Å²) in [6, 6.07) is 5.65. The average molecular weight is 331 g/mol. The third-order valence-electron chi connectivity index (χ3n) is 4.70. The number of rotatable bonds is 2. The van der Waals surface area contributed by atoms with Crippen LogP contribution in [0.25, 0.3) is 0 Å². The Balaban J connectivity index is 0.00000161. The van der Waals surface area contributed by atoms with E-state index < -0.39 is 10.0 Å². The first kappa shape index (κ1) is 16.7. The van der Waals surface area contributed by atoms with Crippen molar-refractivity contribution < 1.29 is 8.42 Å². The van der Waals surface area contributed by atoms with Crippen LogP contribution >= 0.6 is 12.4 Å². The summed E-state index contributed by atoms with van der Waals surface area (Å²) in [5.74, 6) is 0. The summed E-state index contributed by atoms with van der Waals surface area (Å²) in [7, 11) is -3.35. The molecule has 2 heterocycles. The molecule has 118 valence electrons. The number of halogens is 1. The number of aryl methyl sites for hydroxylation is 2. The Hall–Kier alpha value is -0.620. The minimum atomic E-state index is -3.35. The van der Waals surface area contributed by atoms with E-state index in [2.05, 4.69) is 5.32 Å². The van der Waals surface area contributed by atoms with Gasteiger partial charge in [-0.1, -0.05) is 12.1 Å². The molecule has 1 unspecified atom stereocenters. The van der Waals surface area contributed by atoms with E-state index in [1.54, 1.807) is 10.4 Å². The molecule has 21 heavy (non-hydrogen) atoms.